The Bertz CT molecular complexity index is 621. The quantitative estimate of drug-likeness (QED) is 0.895. The van der Waals surface area contributed by atoms with Crippen LogP contribution in [0, 0.1) is 0 Å². The maximum Gasteiger partial charge on any atom is 0.314 e. The van der Waals surface area contributed by atoms with Gasteiger partial charge in [-0.15, -0.1) is 0 Å². The number of hydrogen-bond donors (Lipinski definition) is 1. The van der Waals surface area contributed by atoms with Crippen molar-refractivity contribution in [3.05, 3.63) is 36.0 Å². The number of fused-ring (bicyclic) bond motifs is 1. The monoisotopic (exact) mass is 257 g/mol. The Labute approximate surface area is 112 Å². The highest BCUT2D eigenvalue weighted by Gasteiger charge is 2.41. The molecule has 0 unspecified atom stereocenters. The smallest absolute Gasteiger partial charge is 0.314 e. The molecule has 2 aromatic rings. The van der Waals surface area contributed by atoms with Crippen molar-refractivity contribution in [3.8, 4) is 0 Å². The summed E-state index contributed by atoms with van der Waals surface area (Å²) in [5, 5.41) is 10.8. The lowest BCUT2D eigenvalue weighted by atomic mass is 9.69. The summed E-state index contributed by atoms with van der Waals surface area (Å²) >= 11 is 0. The number of rotatable bonds is 2. The summed E-state index contributed by atoms with van der Waals surface area (Å²) in [6, 6.07) is 8.16. The molecule has 0 bridgehead atoms. The van der Waals surface area contributed by atoms with Crippen LogP contribution in [0.25, 0.3) is 10.9 Å². The Morgan fingerprint density at radius 3 is 2.63 bits per heavy atom. The molecule has 1 aromatic heterocycles. The Morgan fingerprint density at radius 1 is 1.21 bits per heavy atom. The molecule has 1 fully saturated rings. The summed E-state index contributed by atoms with van der Waals surface area (Å²) in [7, 11) is 2.01. The van der Waals surface area contributed by atoms with Gasteiger partial charge in [-0.1, -0.05) is 25.3 Å². The number of hydrogen-bond acceptors (Lipinski definition) is 1. The maximum absolute atomic E-state index is 11.8. The second kappa shape index (κ2) is 4.41. The van der Waals surface area contributed by atoms with Crippen LogP contribution >= 0.6 is 0 Å². The van der Waals surface area contributed by atoms with E-state index in [0.717, 1.165) is 48.6 Å². The molecule has 0 aliphatic heterocycles. The molecule has 1 aromatic carbocycles. The van der Waals surface area contributed by atoms with E-state index in [4.69, 9.17) is 0 Å². The van der Waals surface area contributed by atoms with Gasteiger partial charge >= 0.3 is 5.97 Å². The molecule has 0 atom stereocenters. The minimum absolute atomic E-state index is 0.664. The predicted molar refractivity (Wildman–Crippen MR) is 75.3 cm³/mol. The fourth-order valence-corrected chi connectivity index (χ4v) is 3.36. The van der Waals surface area contributed by atoms with Gasteiger partial charge in [0.05, 0.1) is 5.41 Å². The summed E-state index contributed by atoms with van der Waals surface area (Å²) in [5.41, 5.74) is 1.46. The second-order valence-electron chi connectivity index (χ2n) is 5.65. The number of carbonyl (C=O) groups is 1. The van der Waals surface area contributed by atoms with Crippen molar-refractivity contribution in [2.75, 3.05) is 0 Å². The lowest BCUT2D eigenvalue weighted by molar-refractivity contribution is -0.145. The summed E-state index contributed by atoms with van der Waals surface area (Å²) < 4.78 is 2.06. The average Bonchev–Trinajstić information content (AvgIpc) is 2.80. The van der Waals surface area contributed by atoms with Gasteiger partial charge in [0.25, 0.3) is 0 Å². The van der Waals surface area contributed by atoms with Gasteiger partial charge in [-0.2, -0.15) is 0 Å². The van der Waals surface area contributed by atoms with Crippen LogP contribution in [0.2, 0.25) is 0 Å². The van der Waals surface area contributed by atoms with Crippen LogP contribution < -0.4 is 0 Å². The molecule has 1 saturated carbocycles. The van der Waals surface area contributed by atoms with Crippen molar-refractivity contribution in [2.24, 2.45) is 7.05 Å². The highest BCUT2D eigenvalue weighted by molar-refractivity contribution is 5.86. The number of benzene rings is 1. The van der Waals surface area contributed by atoms with Crippen LogP contribution in [0.5, 0.6) is 0 Å². The van der Waals surface area contributed by atoms with Crippen molar-refractivity contribution in [3.63, 3.8) is 0 Å². The SMILES string of the molecule is Cn1ccc2cc(C3(C(=O)O)CCCCC3)ccc21. The largest absolute Gasteiger partial charge is 0.481 e. The van der Waals surface area contributed by atoms with Gasteiger partial charge in [0.2, 0.25) is 0 Å². The number of carboxylic acids is 1. The van der Waals surface area contributed by atoms with Crippen molar-refractivity contribution < 1.29 is 9.90 Å². The number of nitrogens with zero attached hydrogens (tertiary/aromatic N) is 1. The zero-order chi connectivity index (χ0) is 13.5. The Balaban J connectivity index is 2.12. The lowest BCUT2D eigenvalue weighted by Gasteiger charge is -2.33. The van der Waals surface area contributed by atoms with Gasteiger partial charge in [0.15, 0.2) is 0 Å². The van der Waals surface area contributed by atoms with Crippen molar-refractivity contribution in [1.29, 1.82) is 0 Å². The molecule has 0 spiro atoms. The molecule has 1 heterocycles. The van der Waals surface area contributed by atoms with Crippen LogP contribution in [-0.2, 0) is 17.3 Å². The van der Waals surface area contributed by atoms with E-state index in [1.165, 1.54) is 0 Å². The van der Waals surface area contributed by atoms with Crippen molar-refractivity contribution >= 4 is 16.9 Å². The fourth-order valence-electron chi connectivity index (χ4n) is 3.36. The highest BCUT2D eigenvalue weighted by atomic mass is 16.4. The van der Waals surface area contributed by atoms with Gasteiger partial charge < -0.3 is 9.67 Å². The summed E-state index contributed by atoms with van der Waals surface area (Å²) in [4.78, 5) is 11.8. The van der Waals surface area contributed by atoms with Crippen molar-refractivity contribution in [1.82, 2.24) is 4.57 Å². The molecule has 3 rings (SSSR count). The van der Waals surface area contributed by atoms with Crippen molar-refractivity contribution in [2.45, 2.75) is 37.5 Å². The highest BCUT2D eigenvalue weighted by Crippen LogP contribution is 2.40. The van der Waals surface area contributed by atoms with Crippen LogP contribution in [-0.4, -0.2) is 15.6 Å². The first-order valence-electron chi connectivity index (χ1n) is 6.92. The Hall–Kier alpha value is -1.77. The van der Waals surface area contributed by atoms with E-state index >= 15 is 0 Å². The molecular weight excluding hydrogens is 238 g/mol. The molecule has 1 N–H and O–H groups in total. The normalized spacial score (nSPS) is 18.6. The Morgan fingerprint density at radius 2 is 1.95 bits per heavy atom. The first-order chi connectivity index (χ1) is 9.13. The van der Waals surface area contributed by atoms with Gasteiger partial charge in [-0.3, -0.25) is 4.79 Å². The molecule has 0 radical (unpaired) electrons. The van der Waals surface area contributed by atoms with E-state index in [0.29, 0.717) is 0 Å². The zero-order valence-corrected chi connectivity index (χ0v) is 11.2. The van der Waals surface area contributed by atoms with Gasteiger partial charge in [0.1, 0.15) is 0 Å². The van der Waals surface area contributed by atoms with E-state index in [-0.39, 0.29) is 0 Å². The van der Waals surface area contributed by atoms with Gasteiger partial charge in [0, 0.05) is 18.8 Å². The van der Waals surface area contributed by atoms with E-state index in [2.05, 4.69) is 16.7 Å². The number of aliphatic carboxylic acids is 1. The molecule has 3 heteroatoms. The molecule has 1 aliphatic rings. The molecular formula is C16H19NO2. The van der Waals surface area contributed by atoms with Crippen LogP contribution in [0.15, 0.2) is 30.5 Å². The molecule has 0 saturated heterocycles. The molecule has 19 heavy (non-hydrogen) atoms. The predicted octanol–water partition coefficient (Wildman–Crippen LogP) is 3.46. The van der Waals surface area contributed by atoms with E-state index < -0.39 is 11.4 Å². The molecule has 1 aliphatic carbocycles. The third kappa shape index (κ3) is 1.84. The first kappa shape index (κ1) is 12.3. The maximum atomic E-state index is 11.8. The molecule has 100 valence electrons. The number of carboxylic acid groups (broad SMARTS) is 1. The molecule has 0 amide bonds. The summed E-state index contributed by atoms with van der Waals surface area (Å²) in [5.74, 6) is -0.664. The third-order valence-corrected chi connectivity index (χ3v) is 4.55. The lowest BCUT2D eigenvalue weighted by Crippen LogP contribution is -2.37. The third-order valence-electron chi connectivity index (χ3n) is 4.55. The second-order valence-corrected chi connectivity index (χ2v) is 5.65. The van der Waals surface area contributed by atoms with Crippen LogP contribution in [0.4, 0.5) is 0 Å². The summed E-state index contributed by atoms with van der Waals surface area (Å²) in [6.07, 6.45) is 6.73. The topological polar surface area (TPSA) is 42.2 Å². The number of aryl methyl sites for hydroxylation is 1. The zero-order valence-electron chi connectivity index (χ0n) is 11.2. The minimum Gasteiger partial charge on any atom is -0.481 e. The van der Waals surface area contributed by atoms with E-state index in [9.17, 15) is 9.90 Å². The average molecular weight is 257 g/mol. The summed E-state index contributed by atoms with van der Waals surface area (Å²) in [6.45, 7) is 0. The van der Waals surface area contributed by atoms with Gasteiger partial charge in [-0.05, 0) is 42.0 Å². The fraction of sp³-hybridized carbons (Fsp3) is 0.438. The van der Waals surface area contributed by atoms with Crippen LogP contribution in [0.1, 0.15) is 37.7 Å². The van der Waals surface area contributed by atoms with Crippen LogP contribution in [0.3, 0.4) is 0 Å². The standard InChI is InChI=1S/C16H19NO2/c1-17-10-7-12-11-13(5-6-14(12)17)16(15(18)19)8-3-2-4-9-16/h5-7,10-11H,2-4,8-9H2,1H3,(H,18,19). The minimum atomic E-state index is -0.664. The van der Waals surface area contributed by atoms with Gasteiger partial charge in [-0.25, -0.2) is 0 Å². The van der Waals surface area contributed by atoms with E-state index in [1.54, 1.807) is 0 Å². The Kier molecular flexibility index (Phi) is 2.85. The number of aromatic nitrogens is 1. The first-order valence-corrected chi connectivity index (χ1v) is 6.92. The van der Waals surface area contributed by atoms with E-state index in [1.807, 2.05) is 25.4 Å². The molecule has 3 nitrogen and oxygen atoms in total.